The third kappa shape index (κ3) is 5.50. The summed E-state index contributed by atoms with van der Waals surface area (Å²) in [6.07, 6.45) is -4.17. The molecule has 0 aliphatic carbocycles. The summed E-state index contributed by atoms with van der Waals surface area (Å²) in [6, 6.07) is 11.4. The van der Waals surface area contributed by atoms with Crippen molar-refractivity contribution in [1.29, 1.82) is 5.26 Å². The van der Waals surface area contributed by atoms with E-state index in [4.69, 9.17) is 33.2 Å². The molecule has 11 heteroatoms. The highest BCUT2D eigenvalue weighted by atomic mass is 35.5. The zero-order chi connectivity index (χ0) is 26.2. The van der Waals surface area contributed by atoms with E-state index in [-0.39, 0.29) is 6.54 Å². The Hall–Kier alpha value is -3.09. The van der Waals surface area contributed by atoms with Crippen molar-refractivity contribution < 1.29 is 18.0 Å². The molecule has 1 saturated heterocycles. The van der Waals surface area contributed by atoms with Crippen molar-refractivity contribution in [1.82, 2.24) is 14.9 Å². The van der Waals surface area contributed by atoms with Gasteiger partial charge in [-0.2, -0.15) is 18.4 Å². The summed E-state index contributed by atoms with van der Waals surface area (Å²) in [5.74, 6) is -0.687. The second-order valence-electron chi connectivity index (χ2n) is 8.97. The molecule has 188 valence electrons. The van der Waals surface area contributed by atoms with Crippen LogP contribution in [0.2, 0.25) is 10.0 Å². The van der Waals surface area contributed by atoms with Crippen LogP contribution in [0.15, 0.2) is 36.4 Å². The Kier molecular flexibility index (Phi) is 7.30. The van der Waals surface area contributed by atoms with Crippen LogP contribution in [-0.4, -0.2) is 52.6 Å². The highest BCUT2D eigenvalue weighted by Crippen LogP contribution is 2.35. The predicted octanol–water partition coefficient (Wildman–Crippen LogP) is 6.10. The minimum atomic E-state index is -4.51. The Morgan fingerprint density at radius 3 is 2.47 bits per heavy atom. The van der Waals surface area contributed by atoms with Gasteiger partial charge in [0.15, 0.2) is 5.82 Å². The van der Waals surface area contributed by atoms with E-state index >= 15 is 0 Å². The van der Waals surface area contributed by atoms with E-state index in [1.165, 1.54) is 0 Å². The van der Waals surface area contributed by atoms with Crippen LogP contribution in [-0.2, 0) is 4.79 Å². The Morgan fingerprint density at radius 2 is 1.86 bits per heavy atom. The van der Waals surface area contributed by atoms with Crippen molar-refractivity contribution in [3.63, 3.8) is 0 Å². The first kappa shape index (κ1) is 26.0. The summed E-state index contributed by atoms with van der Waals surface area (Å²) >= 11 is 12.4. The smallest absolute Gasteiger partial charge is 0.353 e. The number of rotatable bonds is 5. The van der Waals surface area contributed by atoms with Crippen LogP contribution in [0.25, 0.3) is 22.3 Å². The highest BCUT2D eigenvalue weighted by Gasteiger charge is 2.40. The van der Waals surface area contributed by atoms with Crippen molar-refractivity contribution in [2.24, 2.45) is 5.92 Å². The van der Waals surface area contributed by atoms with Gasteiger partial charge >= 0.3 is 6.18 Å². The number of hydrogen-bond acceptors (Lipinski definition) is 5. The molecule has 4 rings (SSSR count). The third-order valence-corrected chi connectivity index (χ3v) is 6.71. The standard InChI is InChI=1S/C25H22Cl2F3N5O/c1-14(2)24(36)35(13-25(28,29)30)17-6-7-34(12-17)23-22(16-5-3-4-15(8-16)11-31)32-20-9-18(26)19(27)10-21(20)33-23/h3-5,8-10,14,17H,6-7,12-13H2,1-2H3/t17-/m0/s1. The van der Waals surface area contributed by atoms with E-state index in [1.807, 2.05) is 4.90 Å². The van der Waals surface area contributed by atoms with Gasteiger partial charge in [0, 0.05) is 24.6 Å². The second-order valence-corrected chi connectivity index (χ2v) is 9.78. The minimum Gasteiger partial charge on any atom is -0.353 e. The molecule has 0 radical (unpaired) electrons. The SMILES string of the molecule is CC(C)C(=O)N(CC(F)(F)F)[C@H]1CCN(c2nc3cc(Cl)c(Cl)cc3nc2-c2cccc(C#N)c2)C1. The van der Waals surface area contributed by atoms with Crippen LogP contribution in [0.4, 0.5) is 19.0 Å². The van der Waals surface area contributed by atoms with Gasteiger partial charge in [-0.05, 0) is 30.7 Å². The van der Waals surface area contributed by atoms with Gasteiger partial charge in [-0.15, -0.1) is 0 Å². The molecule has 0 saturated carbocycles. The van der Waals surface area contributed by atoms with E-state index in [0.717, 1.165) is 4.90 Å². The number of fused-ring (bicyclic) bond motifs is 1. The van der Waals surface area contributed by atoms with E-state index in [0.29, 0.717) is 56.7 Å². The van der Waals surface area contributed by atoms with Gasteiger partial charge in [-0.25, -0.2) is 9.97 Å². The fourth-order valence-electron chi connectivity index (χ4n) is 4.29. The molecule has 1 aromatic heterocycles. The second kappa shape index (κ2) is 10.1. The first-order valence-electron chi connectivity index (χ1n) is 11.3. The van der Waals surface area contributed by atoms with Gasteiger partial charge in [0.2, 0.25) is 5.91 Å². The first-order chi connectivity index (χ1) is 17.0. The van der Waals surface area contributed by atoms with E-state index in [9.17, 15) is 23.2 Å². The molecule has 0 N–H and O–H groups in total. The number of carbonyl (C=O) groups is 1. The monoisotopic (exact) mass is 535 g/mol. The number of anilines is 1. The van der Waals surface area contributed by atoms with Crippen LogP contribution in [0.5, 0.6) is 0 Å². The van der Waals surface area contributed by atoms with Gasteiger partial charge in [0.25, 0.3) is 0 Å². The fourth-order valence-corrected chi connectivity index (χ4v) is 4.61. The number of amides is 1. The van der Waals surface area contributed by atoms with Crippen molar-refractivity contribution in [2.45, 2.75) is 32.5 Å². The molecular formula is C25H22Cl2F3N5O. The first-order valence-corrected chi connectivity index (χ1v) is 12.0. The number of benzene rings is 2. The number of carbonyl (C=O) groups excluding carboxylic acids is 1. The maximum Gasteiger partial charge on any atom is 0.406 e. The number of alkyl halides is 3. The number of nitrogens with zero attached hydrogens (tertiary/aromatic N) is 5. The largest absolute Gasteiger partial charge is 0.406 e. The van der Waals surface area contributed by atoms with Crippen molar-refractivity contribution in [3.8, 4) is 17.3 Å². The lowest BCUT2D eigenvalue weighted by Crippen LogP contribution is -2.48. The molecule has 1 fully saturated rings. The number of aromatic nitrogens is 2. The van der Waals surface area contributed by atoms with Crippen LogP contribution in [0.3, 0.4) is 0 Å². The topological polar surface area (TPSA) is 73.1 Å². The number of hydrogen-bond donors (Lipinski definition) is 0. The average Bonchev–Trinajstić information content (AvgIpc) is 3.31. The molecule has 1 aliphatic rings. The third-order valence-electron chi connectivity index (χ3n) is 5.98. The predicted molar refractivity (Wildman–Crippen MR) is 133 cm³/mol. The number of nitriles is 1. The molecule has 2 aromatic carbocycles. The van der Waals surface area contributed by atoms with Gasteiger partial charge in [0.1, 0.15) is 12.2 Å². The zero-order valence-electron chi connectivity index (χ0n) is 19.5. The lowest BCUT2D eigenvalue weighted by Gasteiger charge is -2.31. The van der Waals surface area contributed by atoms with Gasteiger partial charge in [0.05, 0.1) is 38.8 Å². The summed E-state index contributed by atoms with van der Waals surface area (Å²) in [5.41, 5.74) is 2.45. The van der Waals surface area contributed by atoms with Crippen LogP contribution in [0.1, 0.15) is 25.8 Å². The van der Waals surface area contributed by atoms with E-state index in [1.54, 1.807) is 50.2 Å². The van der Waals surface area contributed by atoms with Crippen molar-refractivity contribution in [3.05, 3.63) is 52.0 Å². The van der Waals surface area contributed by atoms with Crippen LogP contribution < -0.4 is 4.90 Å². The van der Waals surface area contributed by atoms with Crippen LogP contribution in [0, 0.1) is 17.2 Å². The Morgan fingerprint density at radius 1 is 1.19 bits per heavy atom. The molecule has 2 heterocycles. The lowest BCUT2D eigenvalue weighted by molar-refractivity contribution is -0.167. The zero-order valence-corrected chi connectivity index (χ0v) is 21.0. The molecule has 3 aromatic rings. The number of halogens is 5. The summed E-state index contributed by atoms with van der Waals surface area (Å²) in [4.78, 5) is 24.9. The van der Waals surface area contributed by atoms with Crippen molar-refractivity contribution in [2.75, 3.05) is 24.5 Å². The highest BCUT2D eigenvalue weighted by molar-refractivity contribution is 6.42. The molecule has 0 unspecified atom stereocenters. The van der Waals surface area contributed by atoms with Gasteiger partial charge in [-0.1, -0.05) is 49.2 Å². The summed E-state index contributed by atoms with van der Waals surface area (Å²) in [7, 11) is 0. The maximum atomic E-state index is 13.3. The van der Waals surface area contributed by atoms with E-state index in [2.05, 4.69) is 6.07 Å². The van der Waals surface area contributed by atoms with Gasteiger partial charge in [-0.3, -0.25) is 4.79 Å². The average molecular weight is 536 g/mol. The quantitative estimate of drug-likeness (QED) is 0.394. The molecule has 1 amide bonds. The Labute approximate surface area is 216 Å². The van der Waals surface area contributed by atoms with E-state index < -0.39 is 30.6 Å². The normalized spacial score (nSPS) is 16.0. The molecule has 6 nitrogen and oxygen atoms in total. The molecule has 1 atom stereocenters. The fraction of sp³-hybridized carbons (Fsp3) is 0.360. The minimum absolute atomic E-state index is 0.154. The van der Waals surface area contributed by atoms with Crippen molar-refractivity contribution >= 4 is 46.0 Å². The van der Waals surface area contributed by atoms with Crippen LogP contribution >= 0.6 is 23.2 Å². The maximum absolute atomic E-state index is 13.3. The Balaban J connectivity index is 1.78. The van der Waals surface area contributed by atoms with Gasteiger partial charge < -0.3 is 9.80 Å². The molecule has 0 spiro atoms. The summed E-state index contributed by atoms with van der Waals surface area (Å²) < 4.78 is 40.0. The molecular weight excluding hydrogens is 514 g/mol. The Bertz CT molecular complexity index is 1360. The lowest BCUT2D eigenvalue weighted by atomic mass is 10.1. The summed E-state index contributed by atoms with van der Waals surface area (Å²) in [6.45, 7) is 2.39. The molecule has 1 aliphatic heterocycles. The molecule has 0 bridgehead atoms. The summed E-state index contributed by atoms with van der Waals surface area (Å²) in [5, 5.41) is 9.95. The molecule has 36 heavy (non-hydrogen) atoms.